The quantitative estimate of drug-likeness (QED) is 0.617. The average Bonchev–Trinajstić information content (AvgIpc) is 2.26. The van der Waals surface area contributed by atoms with Crippen LogP contribution in [0.3, 0.4) is 0 Å². The van der Waals surface area contributed by atoms with Crippen molar-refractivity contribution in [3.05, 3.63) is 29.8 Å². The van der Waals surface area contributed by atoms with Crippen molar-refractivity contribution in [2.24, 2.45) is 5.92 Å². The molecule has 0 nitrogen and oxygen atoms in total. The maximum atomic E-state index is 2.31. The fraction of sp³-hybridized carbons (Fsp3) is 0.538. The fourth-order valence-corrected chi connectivity index (χ4v) is 4.29. The second-order valence-corrected chi connectivity index (χ2v) is 5.79. The molecule has 14 heavy (non-hydrogen) atoms. The molecule has 0 aromatic heterocycles. The zero-order chi connectivity index (χ0) is 9.38. The van der Waals surface area contributed by atoms with Gasteiger partial charge in [-0.15, -0.1) is 11.8 Å². The summed E-state index contributed by atoms with van der Waals surface area (Å²) in [4.78, 5) is 1.55. The van der Waals surface area contributed by atoms with Crippen LogP contribution in [0.2, 0.25) is 0 Å². The van der Waals surface area contributed by atoms with Crippen LogP contribution in [0, 0.1) is 5.92 Å². The van der Waals surface area contributed by atoms with E-state index in [1.165, 1.54) is 32.1 Å². The first-order chi connectivity index (χ1) is 6.93. The van der Waals surface area contributed by atoms with Gasteiger partial charge in [0.05, 0.1) is 0 Å². The van der Waals surface area contributed by atoms with Crippen molar-refractivity contribution in [3.63, 3.8) is 0 Å². The molecule has 0 spiro atoms. The van der Waals surface area contributed by atoms with Crippen molar-refractivity contribution in [2.75, 3.05) is 0 Å². The van der Waals surface area contributed by atoms with E-state index in [2.05, 4.69) is 36.0 Å². The molecule has 1 heteroatoms. The zero-order valence-electron chi connectivity index (χ0n) is 8.41. The number of hydrogen-bond acceptors (Lipinski definition) is 1. The molecule has 1 saturated carbocycles. The second kappa shape index (κ2) is 3.62. The Hall–Kier alpha value is -0.430. The van der Waals surface area contributed by atoms with E-state index >= 15 is 0 Å². The molecule has 2 atom stereocenters. The normalized spacial score (nSPS) is 30.6. The molecule has 2 unspecified atom stereocenters. The van der Waals surface area contributed by atoms with Gasteiger partial charge in [0.25, 0.3) is 0 Å². The molecule has 2 aliphatic rings. The van der Waals surface area contributed by atoms with Crippen LogP contribution < -0.4 is 0 Å². The number of fused-ring (bicyclic) bond motifs is 2. The lowest BCUT2D eigenvalue weighted by Gasteiger charge is -2.35. The summed E-state index contributed by atoms with van der Waals surface area (Å²) in [5, 5.41) is 0.929. The lowest BCUT2D eigenvalue weighted by Crippen LogP contribution is -2.27. The van der Waals surface area contributed by atoms with E-state index in [4.69, 9.17) is 0 Å². The minimum absolute atomic E-state index is 0.929. The first kappa shape index (κ1) is 8.84. The molecule has 1 fully saturated rings. The molecule has 1 aromatic rings. The molecular weight excluding hydrogens is 188 g/mol. The van der Waals surface area contributed by atoms with Crippen LogP contribution in [-0.4, -0.2) is 5.25 Å². The molecule has 1 aliphatic carbocycles. The van der Waals surface area contributed by atoms with E-state index in [1.807, 2.05) is 0 Å². The van der Waals surface area contributed by atoms with Gasteiger partial charge in [-0.05, 0) is 36.8 Å². The number of hydrogen-bond donors (Lipinski definition) is 0. The SMILES string of the molecule is c1ccc2c(c1)CC1CCCCC1S2. The van der Waals surface area contributed by atoms with E-state index in [1.54, 1.807) is 10.5 Å². The Morgan fingerprint density at radius 3 is 2.93 bits per heavy atom. The predicted octanol–water partition coefficient (Wildman–Crippen LogP) is 3.89. The van der Waals surface area contributed by atoms with Gasteiger partial charge < -0.3 is 0 Å². The molecule has 74 valence electrons. The predicted molar refractivity (Wildman–Crippen MR) is 61.7 cm³/mol. The molecule has 3 rings (SSSR count). The number of rotatable bonds is 0. The van der Waals surface area contributed by atoms with Crippen LogP contribution in [-0.2, 0) is 6.42 Å². The van der Waals surface area contributed by atoms with Crippen LogP contribution in [0.15, 0.2) is 29.2 Å². The largest absolute Gasteiger partial charge is 0.122 e. The van der Waals surface area contributed by atoms with Gasteiger partial charge in [-0.3, -0.25) is 0 Å². The van der Waals surface area contributed by atoms with Crippen LogP contribution in [0.25, 0.3) is 0 Å². The van der Waals surface area contributed by atoms with Crippen molar-refractivity contribution >= 4 is 11.8 Å². The summed E-state index contributed by atoms with van der Waals surface area (Å²) in [6.45, 7) is 0. The Bertz CT molecular complexity index is 299. The minimum atomic E-state index is 0.929. The van der Waals surface area contributed by atoms with Crippen molar-refractivity contribution in [1.29, 1.82) is 0 Å². The number of benzene rings is 1. The molecular formula is C13H16S. The third-order valence-corrected chi connectivity index (χ3v) is 5.15. The summed E-state index contributed by atoms with van der Waals surface area (Å²) in [7, 11) is 0. The van der Waals surface area contributed by atoms with Crippen molar-refractivity contribution < 1.29 is 0 Å². The molecule has 1 aromatic carbocycles. The molecule has 0 N–H and O–H groups in total. The molecule has 0 radical (unpaired) electrons. The van der Waals surface area contributed by atoms with Crippen molar-refractivity contribution in [2.45, 2.75) is 42.2 Å². The Morgan fingerprint density at radius 1 is 1.07 bits per heavy atom. The van der Waals surface area contributed by atoms with Crippen LogP contribution in [0.1, 0.15) is 31.2 Å². The summed E-state index contributed by atoms with van der Waals surface area (Å²) in [6, 6.07) is 8.97. The molecule has 1 aliphatic heterocycles. The molecule has 0 amide bonds. The van der Waals surface area contributed by atoms with Crippen LogP contribution >= 0.6 is 11.8 Å². The van der Waals surface area contributed by atoms with Crippen LogP contribution in [0.5, 0.6) is 0 Å². The zero-order valence-corrected chi connectivity index (χ0v) is 9.22. The van der Waals surface area contributed by atoms with Gasteiger partial charge in [-0.1, -0.05) is 31.0 Å². The van der Waals surface area contributed by atoms with Crippen LogP contribution in [0.4, 0.5) is 0 Å². The third-order valence-electron chi connectivity index (χ3n) is 3.57. The lowest BCUT2D eigenvalue weighted by molar-refractivity contribution is 0.362. The van der Waals surface area contributed by atoms with E-state index in [-0.39, 0.29) is 0 Å². The monoisotopic (exact) mass is 204 g/mol. The first-order valence-electron chi connectivity index (χ1n) is 5.68. The average molecular weight is 204 g/mol. The fourth-order valence-electron chi connectivity index (χ4n) is 2.80. The Kier molecular flexibility index (Phi) is 2.28. The molecule has 0 saturated heterocycles. The maximum Gasteiger partial charge on any atom is 0.0126 e. The van der Waals surface area contributed by atoms with Gasteiger partial charge in [0.2, 0.25) is 0 Å². The summed E-state index contributed by atoms with van der Waals surface area (Å²) >= 11 is 2.14. The second-order valence-electron chi connectivity index (χ2n) is 4.51. The van der Waals surface area contributed by atoms with Gasteiger partial charge in [0.15, 0.2) is 0 Å². The van der Waals surface area contributed by atoms with Gasteiger partial charge in [0.1, 0.15) is 0 Å². The Labute approximate surface area is 90.1 Å². The van der Waals surface area contributed by atoms with E-state index in [0.29, 0.717) is 0 Å². The van der Waals surface area contributed by atoms with Gasteiger partial charge in [0, 0.05) is 10.1 Å². The first-order valence-corrected chi connectivity index (χ1v) is 6.56. The lowest BCUT2D eigenvalue weighted by atomic mass is 9.84. The van der Waals surface area contributed by atoms with Crippen molar-refractivity contribution in [1.82, 2.24) is 0 Å². The summed E-state index contributed by atoms with van der Waals surface area (Å²) in [5.74, 6) is 0.976. The Morgan fingerprint density at radius 2 is 1.93 bits per heavy atom. The van der Waals surface area contributed by atoms with Gasteiger partial charge in [-0.2, -0.15) is 0 Å². The highest BCUT2D eigenvalue weighted by atomic mass is 32.2. The Balaban J connectivity index is 1.91. The minimum Gasteiger partial charge on any atom is -0.122 e. The summed E-state index contributed by atoms with van der Waals surface area (Å²) in [5.41, 5.74) is 1.60. The van der Waals surface area contributed by atoms with Gasteiger partial charge >= 0.3 is 0 Å². The highest BCUT2D eigenvalue weighted by Crippen LogP contribution is 2.44. The third kappa shape index (κ3) is 1.48. The van der Waals surface area contributed by atoms with Crippen molar-refractivity contribution in [3.8, 4) is 0 Å². The maximum absolute atomic E-state index is 2.31. The molecule has 0 bridgehead atoms. The highest BCUT2D eigenvalue weighted by Gasteiger charge is 2.30. The molecule has 1 heterocycles. The smallest absolute Gasteiger partial charge is 0.0126 e. The van der Waals surface area contributed by atoms with Gasteiger partial charge in [-0.25, -0.2) is 0 Å². The number of thioether (sulfide) groups is 1. The van der Waals surface area contributed by atoms with E-state index in [9.17, 15) is 0 Å². The standard InChI is InChI=1S/C13H16S/c1-3-7-12-10(5-1)9-11-6-2-4-8-13(11)14-12/h1,3,5,7,11,13H,2,4,6,8-9H2. The highest BCUT2D eigenvalue weighted by molar-refractivity contribution is 8.00. The topological polar surface area (TPSA) is 0 Å². The summed E-state index contributed by atoms with van der Waals surface area (Å²) in [6.07, 6.45) is 7.17. The van der Waals surface area contributed by atoms with E-state index < -0.39 is 0 Å². The van der Waals surface area contributed by atoms with E-state index in [0.717, 1.165) is 11.2 Å². The summed E-state index contributed by atoms with van der Waals surface area (Å²) < 4.78 is 0.